The van der Waals surface area contributed by atoms with Gasteiger partial charge < -0.3 is 10.3 Å². The molecule has 1 heterocycles. The minimum Gasteiger partial charge on any atom is -0.363 e. The minimum absolute atomic E-state index is 0.0742. The summed E-state index contributed by atoms with van der Waals surface area (Å²) < 4.78 is 27.3. The van der Waals surface area contributed by atoms with E-state index in [0.717, 1.165) is 25.0 Å². The monoisotopic (exact) mass is 303 g/mol. The third kappa shape index (κ3) is 3.75. The average Bonchev–Trinajstić information content (AvgIpc) is 2.98. The summed E-state index contributed by atoms with van der Waals surface area (Å²) in [7, 11) is -1.56. The molecule has 0 aliphatic heterocycles. The lowest BCUT2D eigenvalue weighted by atomic mass is 10.3. The second-order valence-corrected chi connectivity index (χ2v) is 7.73. The van der Waals surface area contributed by atoms with Crippen LogP contribution >= 0.6 is 11.8 Å². The predicted molar refractivity (Wildman–Crippen MR) is 78.8 cm³/mol. The Kier molecular flexibility index (Phi) is 4.94. The maximum absolute atomic E-state index is 12.2. The normalized spacial score (nSPS) is 23.9. The van der Waals surface area contributed by atoms with Crippen molar-refractivity contribution in [3.63, 3.8) is 0 Å². The number of aromatic nitrogens is 1. The van der Waals surface area contributed by atoms with E-state index in [9.17, 15) is 8.42 Å². The molecule has 0 amide bonds. The highest BCUT2D eigenvalue weighted by molar-refractivity contribution is 7.99. The van der Waals surface area contributed by atoms with E-state index in [1.807, 2.05) is 18.8 Å². The minimum atomic E-state index is -3.39. The van der Waals surface area contributed by atoms with Crippen LogP contribution in [0.2, 0.25) is 0 Å². The van der Waals surface area contributed by atoms with Crippen LogP contribution in [-0.4, -0.2) is 38.0 Å². The van der Waals surface area contributed by atoms with Gasteiger partial charge in [-0.3, -0.25) is 0 Å². The van der Waals surface area contributed by atoms with Crippen molar-refractivity contribution in [2.75, 3.05) is 13.3 Å². The standard InChI is InChI=1S/C12H21N3O2S2/c1-13-7-10-6-12(8-14-10)19(16,17)15-9-3-4-11(5-9)18-2/h6,8-9,11,13-15H,3-5,7H2,1-2H3. The SMILES string of the molecule is CNCc1cc(S(=O)(=O)NC2CCC(SC)C2)c[nH]1. The Morgan fingerprint density at radius 3 is 2.89 bits per heavy atom. The average molecular weight is 303 g/mol. The molecule has 0 radical (unpaired) electrons. The van der Waals surface area contributed by atoms with Gasteiger partial charge in [0, 0.05) is 29.7 Å². The Balaban J connectivity index is 2.01. The Morgan fingerprint density at radius 1 is 1.47 bits per heavy atom. The molecule has 1 aliphatic carbocycles. The summed E-state index contributed by atoms with van der Waals surface area (Å²) in [6, 6.07) is 1.75. The summed E-state index contributed by atoms with van der Waals surface area (Å²) in [5.74, 6) is 0. The maximum atomic E-state index is 12.2. The number of hydrogen-bond donors (Lipinski definition) is 3. The fourth-order valence-electron chi connectivity index (χ4n) is 2.42. The Morgan fingerprint density at radius 2 is 2.26 bits per heavy atom. The van der Waals surface area contributed by atoms with Crippen molar-refractivity contribution in [1.29, 1.82) is 0 Å². The molecule has 0 saturated heterocycles. The molecule has 2 unspecified atom stereocenters. The van der Waals surface area contributed by atoms with Gasteiger partial charge in [-0.1, -0.05) is 0 Å². The molecule has 1 fully saturated rings. The van der Waals surface area contributed by atoms with E-state index in [1.165, 1.54) is 0 Å². The first kappa shape index (κ1) is 14.9. The lowest BCUT2D eigenvalue weighted by Gasteiger charge is -2.12. The molecular formula is C12H21N3O2S2. The summed E-state index contributed by atoms with van der Waals surface area (Å²) in [6.07, 6.45) is 6.58. The second-order valence-electron chi connectivity index (χ2n) is 4.88. The first-order chi connectivity index (χ1) is 9.05. The zero-order valence-corrected chi connectivity index (χ0v) is 12.9. The molecule has 2 rings (SSSR count). The molecule has 19 heavy (non-hydrogen) atoms. The van der Waals surface area contributed by atoms with Crippen LogP contribution in [0.4, 0.5) is 0 Å². The number of sulfonamides is 1. The van der Waals surface area contributed by atoms with Crippen LogP contribution in [0, 0.1) is 0 Å². The van der Waals surface area contributed by atoms with Gasteiger partial charge in [0.05, 0.1) is 4.90 Å². The molecule has 0 aromatic carbocycles. The molecule has 5 nitrogen and oxygen atoms in total. The Bertz CT molecular complexity index is 513. The second kappa shape index (κ2) is 6.30. The van der Waals surface area contributed by atoms with Crippen LogP contribution in [-0.2, 0) is 16.6 Å². The van der Waals surface area contributed by atoms with E-state index in [1.54, 1.807) is 12.3 Å². The van der Waals surface area contributed by atoms with Crippen molar-refractivity contribution < 1.29 is 8.42 Å². The van der Waals surface area contributed by atoms with Crippen molar-refractivity contribution in [2.45, 2.75) is 42.0 Å². The van der Waals surface area contributed by atoms with E-state index >= 15 is 0 Å². The number of thioether (sulfide) groups is 1. The van der Waals surface area contributed by atoms with E-state index in [2.05, 4.69) is 21.3 Å². The van der Waals surface area contributed by atoms with E-state index in [0.29, 0.717) is 16.7 Å². The zero-order valence-electron chi connectivity index (χ0n) is 11.3. The van der Waals surface area contributed by atoms with Gasteiger partial charge >= 0.3 is 0 Å². The van der Waals surface area contributed by atoms with E-state index in [4.69, 9.17) is 0 Å². The van der Waals surface area contributed by atoms with Gasteiger partial charge in [0.2, 0.25) is 10.0 Å². The smallest absolute Gasteiger partial charge is 0.242 e. The molecule has 1 aromatic heterocycles. The molecule has 0 bridgehead atoms. The van der Waals surface area contributed by atoms with Gasteiger partial charge in [-0.05, 0) is 38.6 Å². The number of aromatic amines is 1. The molecule has 1 aromatic rings. The fraction of sp³-hybridized carbons (Fsp3) is 0.667. The molecule has 3 N–H and O–H groups in total. The third-order valence-corrected chi connectivity index (χ3v) is 6.03. The highest BCUT2D eigenvalue weighted by Gasteiger charge is 2.28. The molecule has 0 spiro atoms. The van der Waals surface area contributed by atoms with Crippen molar-refractivity contribution in [1.82, 2.24) is 15.0 Å². The van der Waals surface area contributed by atoms with Gasteiger partial charge in [-0.2, -0.15) is 11.8 Å². The molecule has 7 heteroatoms. The first-order valence-electron chi connectivity index (χ1n) is 6.42. The number of H-pyrrole nitrogens is 1. The molecule has 1 aliphatic rings. The Labute approximate surface area is 119 Å². The van der Waals surface area contributed by atoms with Crippen LogP contribution < -0.4 is 10.0 Å². The largest absolute Gasteiger partial charge is 0.363 e. The lowest BCUT2D eigenvalue weighted by Crippen LogP contribution is -2.32. The summed E-state index contributed by atoms with van der Waals surface area (Å²) in [4.78, 5) is 3.30. The summed E-state index contributed by atoms with van der Waals surface area (Å²) >= 11 is 1.82. The maximum Gasteiger partial charge on any atom is 0.242 e. The van der Waals surface area contributed by atoms with Crippen LogP contribution in [0.25, 0.3) is 0 Å². The van der Waals surface area contributed by atoms with Crippen LogP contribution in [0.1, 0.15) is 25.0 Å². The van der Waals surface area contributed by atoms with E-state index in [-0.39, 0.29) is 6.04 Å². The number of nitrogens with one attached hydrogen (secondary N) is 3. The number of hydrogen-bond acceptors (Lipinski definition) is 4. The van der Waals surface area contributed by atoms with Crippen molar-refractivity contribution in [2.24, 2.45) is 0 Å². The predicted octanol–water partition coefficient (Wildman–Crippen LogP) is 1.30. The highest BCUT2D eigenvalue weighted by atomic mass is 32.2. The van der Waals surface area contributed by atoms with E-state index < -0.39 is 10.0 Å². The Hall–Kier alpha value is -0.500. The van der Waals surface area contributed by atoms with Gasteiger partial charge in [0.1, 0.15) is 0 Å². The zero-order chi connectivity index (χ0) is 13.9. The van der Waals surface area contributed by atoms with Crippen LogP contribution in [0.5, 0.6) is 0 Å². The summed E-state index contributed by atoms with van der Waals surface area (Å²) in [5, 5.41) is 3.57. The molecule has 2 atom stereocenters. The topological polar surface area (TPSA) is 74.0 Å². The quantitative estimate of drug-likeness (QED) is 0.740. The van der Waals surface area contributed by atoms with Crippen molar-refractivity contribution in [3.05, 3.63) is 18.0 Å². The van der Waals surface area contributed by atoms with Crippen LogP contribution in [0.15, 0.2) is 17.2 Å². The lowest BCUT2D eigenvalue weighted by molar-refractivity contribution is 0.552. The molecule has 1 saturated carbocycles. The third-order valence-electron chi connectivity index (χ3n) is 3.43. The number of rotatable bonds is 6. The van der Waals surface area contributed by atoms with Crippen LogP contribution in [0.3, 0.4) is 0 Å². The molecule has 108 valence electrons. The van der Waals surface area contributed by atoms with Crippen molar-refractivity contribution in [3.8, 4) is 0 Å². The summed E-state index contributed by atoms with van der Waals surface area (Å²) in [6.45, 7) is 0.632. The van der Waals surface area contributed by atoms with Gasteiger partial charge in [-0.25, -0.2) is 13.1 Å². The molecular weight excluding hydrogens is 282 g/mol. The first-order valence-corrected chi connectivity index (χ1v) is 9.19. The fourth-order valence-corrected chi connectivity index (χ4v) is 4.51. The van der Waals surface area contributed by atoms with Gasteiger partial charge in [0.15, 0.2) is 0 Å². The van der Waals surface area contributed by atoms with Gasteiger partial charge in [0.25, 0.3) is 0 Å². The summed E-state index contributed by atoms with van der Waals surface area (Å²) in [5.41, 5.74) is 0.872. The van der Waals surface area contributed by atoms with Crippen molar-refractivity contribution >= 4 is 21.8 Å². The highest BCUT2D eigenvalue weighted by Crippen LogP contribution is 2.29. The van der Waals surface area contributed by atoms with Gasteiger partial charge in [-0.15, -0.1) is 0 Å².